The minimum atomic E-state index is -0.809. The number of carbonyl (C=O) groups is 2. The van der Waals surface area contributed by atoms with E-state index in [1.54, 1.807) is 4.90 Å². The number of amides is 1. The van der Waals surface area contributed by atoms with Gasteiger partial charge in [0.25, 0.3) is 0 Å². The highest BCUT2D eigenvalue weighted by atomic mass is 16.4. The quantitative estimate of drug-likeness (QED) is 0.733. The third kappa shape index (κ3) is 1.27. The van der Waals surface area contributed by atoms with Gasteiger partial charge in [-0.05, 0) is 38.0 Å². The van der Waals surface area contributed by atoms with E-state index in [0.29, 0.717) is 0 Å². The first-order valence-electron chi connectivity index (χ1n) is 5.73. The Bertz CT molecular complexity index is 324. The average molecular weight is 209 g/mol. The molecule has 2 aliphatic carbocycles. The van der Waals surface area contributed by atoms with Crippen molar-refractivity contribution < 1.29 is 14.7 Å². The average Bonchev–Trinajstić information content (AvgIpc) is 2.86. The second-order valence-electron chi connectivity index (χ2n) is 5.03. The number of aliphatic carboxylic acids is 1. The first kappa shape index (κ1) is 9.19. The van der Waals surface area contributed by atoms with Gasteiger partial charge in [-0.2, -0.15) is 0 Å². The summed E-state index contributed by atoms with van der Waals surface area (Å²) in [6.45, 7) is 0. The zero-order valence-electron chi connectivity index (χ0n) is 8.56. The second-order valence-corrected chi connectivity index (χ2v) is 5.03. The lowest BCUT2D eigenvalue weighted by Gasteiger charge is -2.32. The Labute approximate surface area is 88.2 Å². The maximum absolute atomic E-state index is 12.0. The number of rotatable bonds is 2. The van der Waals surface area contributed by atoms with E-state index in [1.165, 1.54) is 0 Å². The smallest absolute Gasteiger partial charge is 0.326 e. The minimum Gasteiger partial charge on any atom is -0.480 e. The summed E-state index contributed by atoms with van der Waals surface area (Å²) in [5.41, 5.74) is 0. The summed E-state index contributed by atoms with van der Waals surface area (Å²) in [6.07, 6.45) is 4.82. The Balaban J connectivity index is 1.85. The van der Waals surface area contributed by atoms with Crippen molar-refractivity contribution in [3.8, 4) is 0 Å². The summed E-state index contributed by atoms with van der Waals surface area (Å²) in [4.78, 5) is 24.8. The number of carbonyl (C=O) groups excluding carboxylic acids is 1. The van der Waals surface area contributed by atoms with Crippen molar-refractivity contribution in [3.05, 3.63) is 0 Å². The third-order valence-electron chi connectivity index (χ3n) is 4.02. The Morgan fingerprint density at radius 3 is 2.47 bits per heavy atom. The highest BCUT2D eigenvalue weighted by Gasteiger charge is 2.53. The Morgan fingerprint density at radius 1 is 1.13 bits per heavy atom. The van der Waals surface area contributed by atoms with Crippen LogP contribution in [0.15, 0.2) is 0 Å². The zero-order chi connectivity index (χ0) is 10.6. The molecule has 82 valence electrons. The predicted octanol–water partition coefficient (Wildman–Crippen LogP) is 0.861. The molecular formula is C11H15NO3. The molecule has 15 heavy (non-hydrogen) atoms. The molecule has 0 radical (unpaired) electrons. The van der Waals surface area contributed by atoms with E-state index in [9.17, 15) is 9.59 Å². The van der Waals surface area contributed by atoms with Gasteiger partial charge in [0.2, 0.25) is 5.91 Å². The third-order valence-corrected chi connectivity index (χ3v) is 4.02. The number of carboxylic acid groups (broad SMARTS) is 1. The summed E-state index contributed by atoms with van der Waals surface area (Å²) in [6, 6.07) is -0.291. The van der Waals surface area contributed by atoms with Crippen molar-refractivity contribution >= 4 is 11.9 Å². The topological polar surface area (TPSA) is 57.6 Å². The summed E-state index contributed by atoms with van der Waals surface area (Å²) in [7, 11) is 0. The molecule has 1 saturated heterocycles. The largest absolute Gasteiger partial charge is 0.480 e. The molecule has 3 atom stereocenters. The molecule has 4 heteroatoms. The molecule has 0 unspecified atom stereocenters. The van der Waals surface area contributed by atoms with Crippen LogP contribution in [0.1, 0.15) is 32.1 Å². The van der Waals surface area contributed by atoms with Crippen LogP contribution in [0.25, 0.3) is 0 Å². The zero-order valence-corrected chi connectivity index (χ0v) is 8.56. The lowest BCUT2D eigenvalue weighted by molar-refractivity contribution is -0.153. The molecule has 1 aliphatic heterocycles. The van der Waals surface area contributed by atoms with E-state index in [0.717, 1.165) is 32.1 Å². The van der Waals surface area contributed by atoms with Gasteiger partial charge in [0.05, 0.1) is 0 Å². The predicted molar refractivity (Wildman–Crippen MR) is 52.1 cm³/mol. The molecule has 0 aromatic rings. The fourth-order valence-corrected chi connectivity index (χ4v) is 3.16. The van der Waals surface area contributed by atoms with Crippen molar-refractivity contribution in [2.75, 3.05) is 0 Å². The number of piperidine rings is 1. The molecule has 1 amide bonds. The molecule has 2 saturated carbocycles. The Morgan fingerprint density at radius 2 is 1.87 bits per heavy atom. The molecular weight excluding hydrogens is 194 g/mol. The van der Waals surface area contributed by atoms with Crippen LogP contribution in [0, 0.1) is 11.8 Å². The molecule has 3 rings (SSSR count). The van der Waals surface area contributed by atoms with E-state index >= 15 is 0 Å². The molecule has 3 fully saturated rings. The molecule has 0 spiro atoms. The SMILES string of the molecule is O=C(O)[C@H]1[C@H]2CC[C@@H](C2)N1C(=O)C1CC1. The van der Waals surface area contributed by atoms with Crippen molar-refractivity contribution in [1.29, 1.82) is 0 Å². The number of hydrogen-bond donors (Lipinski definition) is 1. The monoisotopic (exact) mass is 209 g/mol. The number of nitrogens with zero attached hydrogens (tertiary/aromatic N) is 1. The number of carboxylic acids is 1. The summed E-state index contributed by atoms with van der Waals surface area (Å²) >= 11 is 0. The van der Waals surface area contributed by atoms with Crippen LogP contribution in [0.5, 0.6) is 0 Å². The van der Waals surface area contributed by atoms with E-state index in [-0.39, 0.29) is 23.8 Å². The Kier molecular flexibility index (Phi) is 1.82. The number of hydrogen-bond acceptors (Lipinski definition) is 2. The van der Waals surface area contributed by atoms with E-state index in [4.69, 9.17) is 5.11 Å². The van der Waals surface area contributed by atoms with E-state index < -0.39 is 12.0 Å². The highest BCUT2D eigenvalue weighted by molar-refractivity contribution is 5.87. The van der Waals surface area contributed by atoms with Crippen LogP contribution in [-0.2, 0) is 9.59 Å². The lowest BCUT2D eigenvalue weighted by atomic mass is 9.98. The van der Waals surface area contributed by atoms with Crippen LogP contribution >= 0.6 is 0 Å². The molecule has 0 aromatic carbocycles. The fraction of sp³-hybridized carbons (Fsp3) is 0.818. The molecule has 1 N–H and O–H groups in total. The van der Waals surface area contributed by atoms with Gasteiger partial charge in [-0.15, -0.1) is 0 Å². The second kappa shape index (κ2) is 2.97. The van der Waals surface area contributed by atoms with Crippen LogP contribution in [0.2, 0.25) is 0 Å². The van der Waals surface area contributed by atoms with Crippen LogP contribution < -0.4 is 0 Å². The summed E-state index contributed by atoms with van der Waals surface area (Å²) in [5, 5.41) is 9.16. The molecule has 4 nitrogen and oxygen atoms in total. The van der Waals surface area contributed by atoms with Gasteiger partial charge in [-0.1, -0.05) is 0 Å². The standard InChI is InChI=1S/C11H15NO3/c13-10(6-1-2-6)12-8-4-3-7(5-8)9(12)11(14)15/h6-9H,1-5H2,(H,14,15)/t7-,8-,9+/m0/s1. The maximum atomic E-state index is 12.0. The van der Waals surface area contributed by atoms with Gasteiger partial charge < -0.3 is 10.0 Å². The fourth-order valence-electron chi connectivity index (χ4n) is 3.16. The molecule has 3 aliphatic rings. The van der Waals surface area contributed by atoms with Gasteiger partial charge in [0.1, 0.15) is 6.04 Å². The van der Waals surface area contributed by atoms with Gasteiger partial charge in [0.15, 0.2) is 0 Å². The van der Waals surface area contributed by atoms with Crippen LogP contribution in [-0.4, -0.2) is 34.0 Å². The lowest BCUT2D eigenvalue weighted by Crippen LogP contribution is -2.49. The van der Waals surface area contributed by atoms with E-state index in [1.807, 2.05) is 0 Å². The highest BCUT2D eigenvalue weighted by Crippen LogP contribution is 2.45. The molecule has 0 aromatic heterocycles. The van der Waals surface area contributed by atoms with Crippen molar-refractivity contribution in [2.45, 2.75) is 44.2 Å². The maximum Gasteiger partial charge on any atom is 0.326 e. The van der Waals surface area contributed by atoms with Crippen molar-refractivity contribution in [3.63, 3.8) is 0 Å². The van der Waals surface area contributed by atoms with Crippen molar-refractivity contribution in [2.24, 2.45) is 11.8 Å². The first-order valence-corrected chi connectivity index (χ1v) is 5.73. The molecule has 2 bridgehead atoms. The number of fused-ring (bicyclic) bond motifs is 2. The Hall–Kier alpha value is -1.06. The van der Waals surface area contributed by atoms with Gasteiger partial charge in [-0.3, -0.25) is 4.79 Å². The van der Waals surface area contributed by atoms with Crippen LogP contribution in [0.4, 0.5) is 0 Å². The van der Waals surface area contributed by atoms with E-state index in [2.05, 4.69) is 0 Å². The molecule has 1 heterocycles. The van der Waals surface area contributed by atoms with Gasteiger partial charge in [0, 0.05) is 12.0 Å². The van der Waals surface area contributed by atoms with Crippen LogP contribution in [0.3, 0.4) is 0 Å². The normalized spacial score (nSPS) is 38.4. The minimum absolute atomic E-state index is 0.106. The summed E-state index contributed by atoms with van der Waals surface area (Å²) in [5.74, 6) is -0.341. The van der Waals surface area contributed by atoms with Gasteiger partial charge >= 0.3 is 5.97 Å². The van der Waals surface area contributed by atoms with Gasteiger partial charge in [-0.25, -0.2) is 4.79 Å². The number of likely N-dealkylation sites (tertiary alicyclic amines) is 1. The van der Waals surface area contributed by atoms with Crippen molar-refractivity contribution in [1.82, 2.24) is 4.90 Å². The first-order chi connectivity index (χ1) is 7.18. The summed E-state index contributed by atoms with van der Waals surface area (Å²) < 4.78 is 0.